The monoisotopic (exact) mass is 614 g/mol. The SMILES string of the molecule is CC(C)=C(C(=O)OCc1ccccc1)N1C(=O)C(NC(=O)COc2ccccc2)C1SC(=O)OCC(Cl)(Cl)Cl. The molecule has 2 amide bonds. The number of hydrogen-bond acceptors (Lipinski definition) is 8. The van der Waals surface area contributed by atoms with Gasteiger partial charge in [-0.05, 0) is 48.9 Å². The normalized spacial score (nSPS) is 16.5. The van der Waals surface area contributed by atoms with Gasteiger partial charge >= 0.3 is 11.3 Å². The highest BCUT2D eigenvalue weighted by atomic mass is 35.6. The van der Waals surface area contributed by atoms with Gasteiger partial charge in [0.15, 0.2) is 6.61 Å². The number of nitrogens with one attached hydrogen (secondary N) is 1. The standard InChI is InChI=1S/C26H25Cl3N2O7S/c1-16(2)21(24(34)37-13-17-9-5-3-6-10-17)31-22(33)20(23(31)39-25(35)38-15-26(27,28)29)30-19(32)14-36-18-11-7-4-8-12-18/h3-12,20,23H,13-15H2,1-2H3,(H,30,32). The summed E-state index contributed by atoms with van der Waals surface area (Å²) < 4.78 is 14.0. The summed E-state index contributed by atoms with van der Waals surface area (Å²) in [4.78, 5) is 52.4. The van der Waals surface area contributed by atoms with Gasteiger partial charge in [0.2, 0.25) is 3.79 Å². The van der Waals surface area contributed by atoms with E-state index < -0.39 is 44.9 Å². The molecular formula is C26H25Cl3N2O7S. The number of amides is 2. The molecule has 2 atom stereocenters. The van der Waals surface area contributed by atoms with Crippen LogP contribution >= 0.6 is 46.6 Å². The Bertz CT molecular complexity index is 1220. The summed E-state index contributed by atoms with van der Waals surface area (Å²) in [7, 11) is 0. The zero-order chi connectivity index (χ0) is 28.6. The highest BCUT2D eigenvalue weighted by Gasteiger charge is 2.53. The highest BCUT2D eigenvalue weighted by Crippen LogP contribution is 2.37. The average Bonchev–Trinajstić information content (AvgIpc) is 2.90. The van der Waals surface area contributed by atoms with Crippen LogP contribution in [0.5, 0.6) is 5.75 Å². The van der Waals surface area contributed by atoms with Crippen LogP contribution in [-0.2, 0) is 30.5 Å². The third-order valence-electron chi connectivity index (χ3n) is 5.16. The van der Waals surface area contributed by atoms with E-state index in [-0.39, 0.29) is 18.9 Å². The van der Waals surface area contributed by atoms with Crippen LogP contribution < -0.4 is 10.1 Å². The number of halogens is 3. The molecule has 1 aliphatic rings. The minimum absolute atomic E-state index is 0.0292. The molecule has 1 saturated heterocycles. The van der Waals surface area contributed by atoms with Crippen LogP contribution in [0.4, 0.5) is 4.79 Å². The van der Waals surface area contributed by atoms with Crippen molar-refractivity contribution in [1.82, 2.24) is 10.2 Å². The van der Waals surface area contributed by atoms with E-state index in [1.807, 2.05) is 6.07 Å². The van der Waals surface area contributed by atoms with Gasteiger partial charge in [0.1, 0.15) is 36.1 Å². The van der Waals surface area contributed by atoms with Gasteiger partial charge in [-0.1, -0.05) is 83.3 Å². The van der Waals surface area contributed by atoms with Crippen molar-refractivity contribution < 1.29 is 33.4 Å². The third-order valence-corrected chi connectivity index (χ3v) is 6.53. The van der Waals surface area contributed by atoms with Crippen molar-refractivity contribution in [2.75, 3.05) is 13.2 Å². The van der Waals surface area contributed by atoms with Crippen molar-refractivity contribution in [3.63, 3.8) is 0 Å². The van der Waals surface area contributed by atoms with Gasteiger partial charge in [0.05, 0.1) is 0 Å². The fraction of sp³-hybridized carbons (Fsp3) is 0.308. The molecule has 3 rings (SSSR count). The van der Waals surface area contributed by atoms with Crippen LogP contribution in [0, 0.1) is 0 Å². The molecule has 9 nitrogen and oxygen atoms in total. The maximum atomic E-state index is 13.2. The van der Waals surface area contributed by atoms with Crippen molar-refractivity contribution >= 4 is 69.6 Å². The largest absolute Gasteiger partial charge is 0.484 e. The van der Waals surface area contributed by atoms with Crippen molar-refractivity contribution in [3.8, 4) is 5.75 Å². The molecule has 1 fully saturated rings. The van der Waals surface area contributed by atoms with Gasteiger partial charge in [-0.15, -0.1) is 0 Å². The number of likely N-dealkylation sites (tertiary alicyclic amines) is 1. The molecule has 2 unspecified atom stereocenters. The summed E-state index contributed by atoms with van der Waals surface area (Å²) in [6.45, 7) is 2.29. The van der Waals surface area contributed by atoms with E-state index in [0.717, 1.165) is 10.5 Å². The van der Waals surface area contributed by atoms with Crippen LogP contribution in [0.25, 0.3) is 0 Å². The fourth-order valence-electron chi connectivity index (χ4n) is 3.44. The number of rotatable bonds is 10. The van der Waals surface area contributed by atoms with Crippen molar-refractivity contribution in [2.24, 2.45) is 0 Å². The number of carbonyl (C=O) groups excluding carboxylic acids is 4. The molecule has 0 aliphatic carbocycles. The maximum absolute atomic E-state index is 13.2. The first kappa shape index (κ1) is 30.6. The van der Waals surface area contributed by atoms with Crippen LogP contribution in [0.3, 0.4) is 0 Å². The second-order valence-electron chi connectivity index (χ2n) is 8.43. The van der Waals surface area contributed by atoms with Gasteiger partial charge in [-0.3, -0.25) is 14.5 Å². The molecule has 39 heavy (non-hydrogen) atoms. The Kier molecular flexibility index (Phi) is 10.9. The lowest BCUT2D eigenvalue weighted by molar-refractivity contribution is -0.153. The molecule has 13 heteroatoms. The molecule has 208 valence electrons. The van der Waals surface area contributed by atoms with Crippen molar-refractivity contribution in [3.05, 3.63) is 77.5 Å². The molecule has 1 N–H and O–H groups in total. The van der Waals surface area contributed by atoms with E-state index >= 15 is 0 Å². The Balaban J connectivity index is 1.74. The minimum atomic E-state index is -1.85. The van der Waals surface area contributed by atoms with Gasteiger partial charge < -0.3 is 19.5 Å². The van der Waals surface area contributed by atoms with Gasteiger partial charge in [-0.2, -0.15) is 0 Å². The summed E-state index contributed by atoms with van der Waals surface area (Å²) >= 11 is 17.5. The van der Waals surface area contributed by atoms with Crippen LogP contribution in [0.1, 0.15) is 19.4 Å². The number of thioether (sulfide) groups is 1. The van der Waals surface area contributed by atoms with E-state index in [4.69, 9.17) is 49.0 Å². The van der Waals surface area contributed by atoms with Gasteiger partial charge in [-0.25, -0.2) is 9.59 Å². The number of carbonyl (C=O) groups is 4. The zero-order valence-corrected chi connectivity index (χ0v) is 24.0. The summed E-state index contributed by atoms with van der Waals surface area (Å²) in [5.74, 6) is -1.54. The van der Waals surface area contributed by atoms with E-state index in [0.29, 0.717) is 23.1 Å². The first-order chi connectivity index (χ1) is 18.5. The Labute approximate surface area is 244 Å². The number of hydrogen-bond donors (Lipinski definition) is 1. The van der Waals surface area contributed by atoms with Gasteiger partial charge in [0.25, 0.3) is 11.8 Å². The lowest BCUT2D eigenvalue weighted by atomic mass is 10.0. The summed E-state index contributed by atoms with van der Waals surface area (Å²) in [6.07, 6.45) is 0. The molecule has 1 aliphatic heterocycles. The average molecular weight is 616 g/mol. The van der Waals surface area contributed by atoms with E-state index in [9.17, 15) is 19.2 Å². The lowest BCUT2D eigenvalue weighted by Crippen LogP contribution is -2.70. The number of allylic oxidation sites excluding steroid dienone is 1. The summed E-state index contributed by atoms with van der Waals surface area (Å²) in [5, 5.41) is 0.622. The Morgan fingerprint density at radius 2 is 1.59 bits per heavy atom. The highest BCUT2D eigenvalue weighted by molar-refractivity contribution is 8.13. The fourth-order valence-corrected chi connectivity index (χ4v) is 4.57. The molecule has 2 aromatic carbocycles. The number of para-hydroxylation sites is 1. The Hall–Kier alpha value is -2.92. The van der Waals surface area contributed by atoms with Gasteiger partial charge in [0, 0.05) is 0 Å². The number of alkyl halides is 3. The molecule has 0 aromatic heterocycles. The first-order valence-electron chi connectivity index (χ1n) is 11.5. The van der Waals surface area contributed by atoms with E-state index in [1.165, 1.54) is 0 Å². The lowest BCUT2D eigenvalue weighted by Gasteiger charge is -2.46. The number of esters is 1. The molecule has 0 bridgehead atoms. The Morgan fingerprint density at radius 3 is 2.18 bits per heavy atom. The number of β-lactam (4-membered cyclic amide) rings is 1. The molecule has 0 spiro atoms. The van der Waals surface area contributed by atoms with Crippen LogP contribution in [0.15, 0.2) is 71.9 Å². The molecular weight excluding hydrogens is 591 g/mol. The number of benzene rings is 2. The predicted molar refractivity (Wildman–Crippen MR) is 148 cm³/mol. The van der Waals surface area contributed by atoms with Crippen LogP contribution in [-0.4, -0.2) is 56.4 Å². The number of nitrogens with zero attached hydrogens (tertiary/aromatic N) is 1. The number of ether oxygens (including phenoxy) is 3. The van der Waals surface area contributed by atoms with Crippen LogP contribution in [0.2, 0.25) is 0 Å². The summed E-state index contributed by atoms with van der Waals surface area (Å²) in [5.41, 5.74) is 1.14. The second-order valence-corrected chi connectivity index (χ2v) is 12.0. The smallest absolute Gasteiger partial charge is 0.369 e. The molecule has 2 aromatic rings. The molecule has 0 radical (unpaired) electrons. The molecule has 0 saturated carbocycles. The maximum Gasteiger partial charge on any atom is 0.369 e. The third kappa shape index (κ3) is 9.06. The van der Waals surface area contributed by atoms with E-state index in [1.54, 1.807) is 68.4 Å². The first-order valence-corrected chi connectivity index (χ1v) is 13.6. The summed E-state index contributed by atoms with van der Waals surface area (Å²) in [6, 6.07) is 16.5. The van der Waals surface area contributed by atoms with Crippen molar-refractivity contribution in [2.45, 2.75) is 35.7 Å². The predicted octanol–water partition coefficient (Wildman–Crippen LogP) is 5.00. The Morgan fingerprint density at radius 1 is 0.974 bits per heavy atom. The van der Waals surface area contributed by atoms with E-state index in [2.05, 4.69) is 5.32 Å². The zero-order valence-electron chi connectivity index (χ0n) is 20.9. The minimum Gasteiger partial charge on any atom is -0.484 e. The quantitative estimate of drug-likeness (QED) is 0.172. The second kappa shape index (κ2) is 13.9. The topological polar surface area (TPSA) is 111 Å². The van der Waals surface area contributed by atoms with Crippen molar-refractivity contribution in [1.29, 1.82) is 0 Å². The molecule has 1 heterocycles.